The van der Waals surface area contributed by atoms with Crippen molar-refractivity contribution in [1.29, 1.82) is 0 Å². The van der Waals surface area contributed by atoms with E-state index in [2.05, 4.69) is 20.6 Å². The van der Waals surface area contributed by atoms with Crippen LogP contribution < -0.4 is 21.1 Å². The maximum Gasteiger partial charge on any atom is 0.323 e. The number of carbonyl (C=O) groups excluding carboxylic acids is 2. The number of urea groups is 1. The highest BCUT2D eigenvalue weighted by atomic mass is 16.5. The minimum Gasteiger partial charge on any atom is -0.495 e. The Labute approximate surface area is 197 Å². The van der Waals surface area contributed by atoms with Crippen LogP contribution in [0.25, 0.3) is 11.0 Å². The Kier molecular flexibility index (Phi) is 6.18. The van der Waals surface area contributed by atoms with Crippen molar-refractivity contribution >= 4 is 40.0 Å². The average Bonchev–Trinajstić information content (AvgIpc) is 3.21. The van der Waals surface area contributed by atoms with Crippen molar-refractivity contribution in [3.05, 3.63) is 71.7 Å². The number of nitrogen functional groups attached to an aromatic ring is 1. The molecule has 34 heavy (non-hydrogen) atoms. The van der Waals surface area contributed by atoms with Gasteiger partial charge in [-0.15, -0.1) is 0 Å². The van der Waals surface area contributed by atoms with Crippen molar-refractivity contribution in [2.24, 2.45) is 0 Å². The minimum absolute atomic E-state index is 0.0666. The molecule has 4 N–H and O–H groups in total. The summed E-state index contributed by atoms with van der Waals surface area (Å²) in [6.45, 7) is 5.96. The van der Waals surface area contributed by atoms with Crippen molar-refractivity contribution in [3.63, 3.8) is 0 Å². The first kappa shape index (κ1) is 22.8. The van der Waals surface area contributed by atoms with Gasteiger partial charge in [0.05, 0.1) is 23.7 Å². The van der Waals surface area contributed by atoms with E-state index in [0.717, 1.165) is 5.56 Å². The van der Waals surface area contributed by atoms with Gasteiger partial charge in [0, 0.05) is 23.5 Å². The third-order valence-corrected chi connectivity index (χ3v) is 5.46. The van der Waals surface area contributed by atoms with Crippen molar-refractivity contribution < 1.29 is 14.3 Å². The monoisotopic (exact) mass is 458 g/mol. The molecule has 2 aromatic heterocycles. The summed E-state index contributed by atoms with van der Waals surface area (Å²) < 4.78 is 7.27. The van der Waals surface area contributed by atoms with E-state index in [-0.39, 0.29) is 17.6 Å². The Morgan fingerprint density at radius 1 is 1.06 bits per heavy atom. The van der Waals surface area contributed by atoms with E-state index in [9.17, 15) is 9.59 Å². The van der Waals surface area contributed by atoms with Gasteiger partial charge < -0.3 is 25.7 Å². The lowest BCUT2D eigenvalue weighted by Crippen LogP contribution is -2.20. The van der Waals surface area contributed by atoms with Crippen LogP contribution in [0.1, 0.15) is 41.4 Å². The molecule has 0 saturated carbocycles. The SMILES string of the molecule is COc1ccc(C(=O)c2cn(C(C)C)c3ncnc(N)c23)cc1NC(=O)Nc1ccc(C)cc1. The second-order valence-electron chi connectivity index (χ2n) is 8.19. The molecule has 0 unspecified atom stereocenters. The van der Waals surface area contributed by atoms with Gasteiger partial charge in [-0.05, 0) is 51.1 Å². The van der Waals surface area contributed by atoms with E-state index in [1.54, 1.807) is 24.4 Å². The number of ketones is 1. The van der Waals surface area contributed by atoms with Gasteiger partial charge in [-0.3, -0.25) is 4.79 Å². The van der Waals surface area contributed by atoms with Gasteiger partial charge in [0.1, 0.15) is 23.5 Å². The van der Waals surface area contributed by atoms with Gasteiger partial charge >= 0.3 is 6.03 Å². The first-order chi connectivity index (χ1) is 16.3. The number of anilines is 3. The van der Waals surface area contributed by atoms with E-state index < -0.39 is 6.03 Å². The molecule has 2 heterocycles. The van der Waals surface area contributed by atoms with Crippen LogP contribution in [0.2, 0.25) is 0 Å². The number of rotatable bonds is 6. The summed E-state index contributed by atoms with van der Waals surface area (Å²) in [4.78, 5) is 34.5. The number of ether oxygens (including phenoxy) is 1. The predicted octanol–water partition coefficient (Wildman–Crippen LogP) is 4.79. The highest BCUT2D eigenvalue weighted by Crippen LogP contribution is 2.31. The fourth-order valence-electron chi connectivity index (χ4n) is 3.70. The number of amides is 2. The number of hydrogen-bond acceptors (Lipinski definition) is 6. The molecule has 0 fully saturated rings. The van der Waals surface area contributed by atoms with Crippen molar-refractivity contribution in [2.75, 3.05) is 23.5 Å². The number of carbonyl (C=O) groups is 2. The third-order valence-electron chi connectivity index (χ3n) is 5.46. The zero-order valence-corrected chi connectivity index (χ0v) is 19.4. The standard InChI is InChI=1S/C25H26N6O3/c1-14(2)31-12-18(21-23(26)27-13-28-24(21)31)22(32)16-7-10-20(34-4)19(11-16)30-25(33)29-17-8-5-15(3)6-9-17/h5-14H,1-4H3,(H2,26,27,28)(H2,29,30,33). The summed E-state index contributed by atoms with van der Waals surface area (Å²) >= 11 is 0. The van der Waals surface area contributed by atoms with Crippen LogP contribution in [0.4, 0.5) is 22.0 Å². The Balaban J connectivity index is 1.67. The van der Waals surface area contributed by atoms with E-state index in [1.165, 1.54) is 13.4 Å². The van der Waals surface area contributed by atoms with Gasteiger partial charge in [0.15, 0.2) is 5.78 Å². The molecule has 2 amide bonds. The zero-order chi connectivity index (χ0) is 24.4. The van der Waals surface area contributed by atoms with E-state index in [0.29, 0.717) is 39.3 Å². The van der Waals surface area contributed by atoms with Crippen LogP contribution in [0.3, 0.4) is 0 Å². The fourth-order valence-corrected chi connectivity index (χ4v) is 3.70. The molecular weight excluding hydrogens is 432 g/mol. The van der Waals surface area contributed by atoms with Crippen LogP contribution in [0.5, 0.6) is 5.75 Å². The summed E-state index contributed by atoms with van der Waals surface area (Å²) in [6, 6.07) is 11.9. The maximum absolute atomic E-state index is 13.5. The lowest BCUT2D eigenvalue weighted by Gasteiger charge is -2.13. The first-order valence-corrected chi connectivity index (χ1v) is 10.8. The Hall–Kier alpha value is -4.40. The molecule has 0 aliphatic rings. The maximum atomic E-state index is 13.5. The van der Waals surface area contributed by atoms with Gasteiger partial charge in [-0.25, -0.2) is 14.8 Å². The summed E-state index contributed by atoms with van der Waals surface area (Å²) in [5, 5.41) is 6.03. The normalized spacial score (nSPS) is 11.0. The lowest BCUT2D eigenvalue weighted by molar-refractivity contribution is 0.104. The molecular formula is C25H26N6O3. The summed E-state index contributed by atoms with van der Waals surface area (Å²) in [6.07, 6.45) is 3.12. The summed E-state index contributed by atoms with van der Waals surface area (Å²) in [7, 11) is 1.49. The fraction of sp³-hybridized carbons (Fsp3) is 0.200. The molecule has 0 radical (unpaired) electrons. The Morgan fingerprint density at radius 2 is 1.79 bits per heavy atom. The molecule has 174 valence electrons. The summed E-state index contributed by atoms with van der Waals surface area (Å²) in [5.41, 5.74) is 9.54. The largest absolute Gasteiger partial charge is 0.495 e. The molecule has 2 aromatic carbocycles. The molecule has 4 aromatic rings. The van der Waals surface area contributed by atoms with Crippen LogP contribution in [0.15, 0.2) is 55.0 Å². The Morgan fingerprint density at radius 3 is 2.47 bits per heavy atom. The molecule has 9 nitrogen and oxygen atoms in total. The summed E-state index contributed by atoms with van der Waals surface area (Å²) in [5.74, 6) is 0.385. The number of fused-ring (bicyclic) bond motifs is 1. The van der Waals surface area contributed by atoms with Gasteiger partial charge in [0.25, 0.3) is 0 Å². The highest BCUT2D eigenvalue weighted by molar-refractivity contribution is 6.18. The quantitative estimate of drug-likeness (QED) is 0.357. The number of nitrogens with one attached hydrogen (secondary N) is 2. The number of methoxy groups -OCH3 is 1. The molecule has 0 aliphatic heterocycles. The molecule has 4 rings (SSSR count). The van der Waals surface area contributed by atoms with Crippen LogP contribution in [-0.2, 0) is 0 Å². The van der Waals surface area contributed by atoms with E-state index in [4.69, 9.17) is 10.5 Å². The number of benzene rings is 2. The third kappa shape index (κ3) is 4.40. The van der Waals surface area contributed by atoms with E-state index >= 15 is 0 Å². The average molecular weight is 459 g/mol. The molecule has 0 bridgehead atoms. The van der Waals surface area contributed by atoms with Gasteiger partial charge in [-0.1, -0.05) is 17.7 Å². The molecule has 0 spiro atoms. The molecule has 9 heteroatoms. The minimum atomic E-state index is -0.458. The number of nitrogens with two attached hydrogens (primary N) is 1. The number of aryl methyl sites for hydroxylation is 1. The van der Waals surface area contributed by atoms with Crippen molar-refractivity contribution in [1.82, 2.24) is 14.5 Å². The number of nitrogens with zero attached hydrogens (tertiary/aromatic N) is 3. The van der Waals surface area contributed by atoms with Crippen LogP contribution >= 0.6 is 0 Å². The van der Waals surface area contributed by atoms with Gasteiger partial charge in [-0.2, -0.15) is 0 Å². The topological polar surface area (TPSA) is 124 Å². The van der Waals surface area contributed by atoms with Crippen LogP contribution in [-0.4, -0.2) is 33.5 Å². The molecule has 0 atom stereocenters. The van der Waals surface area contributed by atoms with E-state index in [1.807, 2.05) is 49.6 Å². The van der Waals surface area contributed by atoms with Crippen molar-refractivity contribution in [3.8, 4) is 5.75 Å². The highest BCUT2D eigenvalue weighted by Gasteiger charge is 2.22. The molecule has 0 aliphatic carbocycles. The predicted molar refractivity (Wildman–Crippen MR) is 133 cm³/mol. The van der Waals surface area contributed by atoms with Crippen molar-refractivity contribution in [2.45, 2.75) is 26.8 Å². The lowest BCUT2D eigenvalue weighted by atomic mass is 10.0. The second kappa shape index (κ2) is 9.22. The van der Waals surface area contributed by atoms with Gasteiger partial charge in [0.2, 0.25) is 0 Å². The second-order valence-corrected chi connectivity index (χ2v) is 8.19. The van der Waals surface area contributed by atoms with Crippen LogP contribution in [0, 0.1) is 6.92 Å². The number of hydrogen-bond donors (Lipinski definition) is 3. The first-order valence-electron chi connectivity index (χ1n) is 10.8. The number of aromatic nitrogens is 3. The smallest absolute Gasteiger partial charge is 0.323 e. The Bertz CT molecular complexity index is 1380. The zero-order valence-electron chi connectivity index (χ0n) is 19.4. The molecule has 0 saturated heterocycles.